The van der Waals surface area contributed by atoms with Crippen molar-refractivity contribution in [2.45, 2.75) is 6.04 Å². The van der Waals surface area contributed by atoms with Crippen molar-refractivity contribution in [2.24, 2.45) is 0 Å². The first-order valence-corrected chi connectivity index (χ1v) is 8.98. The zero-order valence-electron chi connectivity index (χ0n) is 15.9. The first-order chi connectivity index (χ1) is 13.5. The number of furan rings is 1. The molecule has 2 N–H and O–H groups in total. The molecule has 3 aromatic rings. The first kappa shape index (κ1) is 19.4. The fourth-order valence-corrected chi connectivity index (χ4v) is 2.83. The average molecular weight is 377 g/mol. The highest BCUT2D eigenvalue weighted by Gasteiger charge is 2.17. The molecule has 0 aliphatic carbocycles. The summed E-state index contributed by atoms with van der Waals surface area (Å²) in [5.74, 6) is -0.270. The van der Waals surface area contributed by atoms with Gasteiger partial charge in [-0.2, -0.15) is 0 Å². The third-order valence-corrected chi connectivity index (χ3v) is 4.20. The Kier molecular flexibility index (Phi) is 6.24. The van der Waals surface area contributed by atoms with Gasteiger partial charge in [-0.25, -0.2) is 0 Å². The maximum Gasteiger partial charge on any atom is 0.291 e. The molecule has 0 bridgehead atoms. The van der Waals surface area contributed by atoms with Gasteiger partial charge in [-0.3, -0.25) is 9.59 Å². The second kappa shape index (κ2) is 9.01. The van der Waals surface area contributed by atoms with E-state index in [1.165, 1.54) is 6.26 Å². The summed E-state index contributed by atoms with van der Waals surface area (Å²) in [5.41, 5.74) is 2.16. The minimum atomic E-state index is -0.336. The highest BCUT2D eigenvalue weighted by Crippen LogP contribution is 2.16. The van der Waals surface area contributed by atoms with E-state index in [0.29, 0.717) is 17.8 Å². The summed E-state index contributed by atoms with van der Waals surface area (Å²) in [4.78, 5) is 26.7. The van der Waals surface area contributed by atoms with Crippen molar-refractivity contribution >= 4 is 17.5 Å². The molecule has 1 atom stereocenters. The molecule has 0 radical (unpaired) electrons. The average Bonchev–Trinajstić information content (AvgIpc) is 3.23. The molecule has 1 aromatic heterocycles. The Balaban J connectivity index is 1.66. The minimum absolute atomic E-state index is 0.123. The van der Waals surface area contributed by atoms with Crippen LogP contribution in [0.25, 0.3) is 0 Å². The van der Waals surface area contributed by atoms with Crippen molar-refractivity contribution in [1.29, 1.82) is 0 Å². The van der Waals surface area contributed by atoms with Gasteiger partial charge in [0.15, 0.2) is 5.76 Å². The van der Waals surface area contributed by atoms with Crippen LogP contribution in [-0.2, 0) is 0 Å². The lowest BCUT2D eigenvalue weighted by atomic mass is 10.1. The van der Waals surface area contributed by atoms with Crippen LogP contribution in [-0.4, -0.2) is 37.4 Å². The molecule has 0 saturated heterocycles. The van der Waals surface area contributed by atoms with Gasteiger partial charge < -0.3 is 20.0 Å². The van der Waals surface area contributed by atoms with E-state index in [1.54, 1.807) is 36.4 Å². The zero-order chi connectivity index (χ0) is 19.9. The molecule has 6 nitrogen and oxygen atoms in total. The normalized spacial score (nSPS) is 11.8. The van der Waals surface area contributed by atoms with Gasteiger partial charge in [-0.15, -0.1) is 0 Å². The summed E-state index contributed by atoms with van der Waals surface area (Å²) in [6.45, 7) is 0.688. The van der Waals surface area contributed by atoms with E-state index in [-0.39, 0.29) is 23.6 Å². The van der Waals surface area contributed by atoms with E-state index in [1.807, 2.05) is 49.3 Å². The van der Waals surface area contributed by atoms with Crippen LogP contribution in [0.15, 0.2) is 77.4 Å². The lowest BCUT2D eigenvalue weighted by Crippen LogP contribution is -2.35. The van der Waals surface area contributed by atoms with Crippen LogP contribution in [0.3, 0.4) is 0 Å². The van der Waals surface area contributed by atoms with Crippen LogP contribution in [0.2, 0.25) is 0 Å². The number of hydrogen-bond donors (Lipinski definition) is 2. The molecule has 144 valence electrons. The van der Waals surface area contributed by atoms with Gasteiger partial charge >= 0.3 is 0 Å². The van der Waals surface area contributed by atoms with Gasteiger partial charge in [-0.05, 0) is 56.1 Å². The SMILES string of the molecule is CN(C)C[C@@H](NC(=O)c1ccc(NC(=O)c2ccco2)cc1)c1ccccc1. The Bertz CT molecular complexity index is 904. The van der Waals surface area contributed by atoms with Gasteiger partial charge in [-0.1, -0.05) is 30.3 Å². The van der Waals surface area contributed by atoms with Gasteiger partial charge in [0, 0.05) is 17.8 Å². The van der Waals surface area contributed by atoms with Crippen molar-refractivity contribution < 1.29 is 14.0 Å². The third-order valence-electron chi connectivity index (χ3n) is 4.20. The molecule has 1 heterocycles. The van der Waals surface area contributed by atoms with E-state index < -0.39 is 0 Å². The highest BCUT2D eigenvalue weighted by molar-refractivity contribution is 6.02. The molecule has 2 aromatic carbocycles. The zero-order valence-corrected chi connectivity index (χ0v) is 15.9. The van der Waals surface area contributed by atoms with Crippen LogP contribution in [0.4, 0.5) is 5.69 Å². The summed E-state index contributed by atoms with van der Waals surface area (Å²) in [6, 6.07) is 19.7. The molecule has 0 aliphatic heterocycles. The molecule has 28 heavy (non-hydrogen) atoms. The van der Waals surface area contributed by atoms with E-state index in [4.69, 9.17) is 4.42 Å². The number of benzene rings is 2. The summed E-state index contributed by atoms with van der Waals surface area (Å²) < 4.78 is 5.07. The summed E-state index contributed by atoms with van der Waals surface area (Å²) in [5, 5.41) is 5.81. The van der Waals surface area contributed by atoms with Crippen molar-refractivity contribution in [1.82, 2.24) is 10.2 Å². The molecule has 0 unspecified atom stereocenters. The summed E-state index contributed by atoms with van der Waals surface area (Å²) in [7, 11) is 3.94. The van der Waals surface area contributed by atoms with Crippen molar-refractivity contribution in [3.63, 3.8) is 0 Å². The number of amides is 2. The molecule has 0 aliphatic rings. The Labute approximate surface area is 164 Å². The van der Waals surface area contributed by atoms with E-state index in [9.17, 15) is 9.59 Å². The maximum atomic E-state index is 12.7. The highest BCUT2D eigenvalue weighted by atomic mass is 16.3. The van der Waals surface area contributed by atoms with Crippen molar-refractivity contribution in [3.05, 3.63) is 89.9 Å². The fraction of sp³-hybridized carbons (Fsp3) is 0.182. The number of rotatable bonds is 7. The van der Waals surface area contributed by atoms with Crippen molar-refractivity contribution in [3.8, 4) is 0 Å². The van der Waals surface area contributed by atoms with E-state index in [2.05, 4.69) is 10.6 Å². The number of hydrogen-bond acceptors (Lipinski definition) is 4. The van der Waals surface area contributed by atoms with E-state index >= 15 is 0 Å². The monoisotopic (exact) mass is 377 g/mol. The second-order valence-corrected chi connectivity index (χ2v) is 6.71. The standard InChI is InChI=1S/C22H23N3O3/c1-25(2)15-19(16-7-4-3-5-8-16)24-21(26)17-10-12-18(13-11-17)23-22(27)20-9-6-14-28-20/h3-14,19H,15H2,1-2H3,(H,23,27)(H,24,26)/t19-/m1/s1. The lowest BCUT2D eigenvalue weighted by Gasteiger charge is -2.23. The van der Waals surface area contributed by atoms with Crippen LogP contribution in [0, 0.1) is 0 Å². The fourth-order valence-electron chi connectivity index (χ4n) is 2.83. The van der Waals surface area contributed by atoms with Gasteiger partial charge in [0.25, 0.3) is 11.8 Å². The predicted molar refractivity (Wildman–Crippen MR) is 108 cm³/mol. The van der Waals surface area contributed by atoms with Crippen LogP contribution >= 0.6 is 0 Å². The van der Waals surface area contributed by atoms with Crippen molar-refractivity contribution in [2.75, 3.05) is 26.0 Å². The molecule has 0 spiro atoms. The summed E-state index contributed by atoms with van der Waals surface area (Å²) >= 11 is 0. The number of likely N-dealkylation sites (N-methyl/N-ethyl adjacent to an activating group) is 1. The molecule has 0 saturated carbocycles. The Hall–Kier alpha value is -3.38. The van der Waals surface area contributed by atoms with Crippen LogP contribution < -0.4 is 10.6 Å². The smallest absolute Gasteiger partial charge is 0.291 e. The predicted octanol–water partition coefficient (Wildman–Crippen LogP) is 3.56. The number of nitrogens with zero attached hydrogens (tertiary/aromatic N) is 1. The van der Waals surface area contributed by atoms with Crippen LogP contribution in [0.5, 0.6) is 0 Å². The number of carbonyl (C=O) groups is 2. The number of nitrogens with one attached hydrogen (secondary N) is 2. The summed E-state index contributed by atoms with van der Waals surface area (Å²) in [6.07, 6.45) is 1.44. The minimum Gasteiger partial charge on any atom is -0.459 e. The molecular weight excluding hydrogens is 354 g/mol. The molecule has 6 heteroatoms. The lowest BCUT2D eigenvalue weighted by molar-refractivity contribution is 0.0929. The Morgan fingerprint density at radius 2 is 1.64 bits per heavy atom. The largest absolute Gasteiger partial charge is 0.459 e. The molecule has 0 fully saturated rings. The van der Waals surface area contributed by atoms with Gasteiger partial charge in [0.1, 0.15) is 0 Å². The first-order valence-electron chi connectivity index (χ1n) is 8.98. The Morgan fingerprint density at radius 1 is 0.929 bits per heavy atom. The van der Waals surface area contributed by atoms with Crippen LogP contribution in [0.1, 0.15) is 32.5 Å². The molecular formula is C22H23N3O3. The molecule has 3 rings (SSSR count). The number of anilines is 1. The van der Waals surface area contributed by atoms with E-state index in [0.717, 1.165) is 5.56 Å². The van der Waals surface area contributed by atoms with Gasteiger partial charge in [0.05, 0.1) is 12.3 Å². The quantitative estimate of drug-likeness (QED) is 0.660. The third kappa shape index (κ3) is 5.08. The number of carbonyl (C=O) groups excluding carboxylic acids is 2. The Morgan fingerprint density at radius 3 is 2.25 bits per heavy atom. The second-order valence-electron chi connectivity index (χ2n) is 6.71. The van der Waals surface area contributed by atoms with Gasteiger partial charge in [0.2, 0.25) is 0 Å². The molecule has 2 amide bonds. The maximum absolute atomic E-state index is 12.7. The topological polar surface area (TPSA) is 74.6 Å².